The molecule has 1 N–H and O–H groups in total. The highest BCUT2D eigenvalue weighted by Gasteiger charge is 2.30. The minimum atomic E-state index is -4.42. The molecule has 0 saturated heterocycles. The Balaban J connectivity index is 3.00. The number of carboxylic acids is 1. The highest BCUT2D eigenvalue weighted by Crippen LogP contribution is 2.31. The molecule has 0 unspecified atom stereocenters. The van der Waals surface area contributed by atoms with E-state index in [1.165, 1.54) is 12.1 Å². The third-order valence-electron chi connectivity index (χ3n) is 2.59. The van der Waals surface area contributed by atoms with Crippen LogP contribution in [-0.4, -0.2) is 24.2 Å². The van der Waals surface area contributed by atoms with Gasteiger partial charge >= 0.3 is 12.1 Å². The molecule has 0 aliphatic rings. The van der Waals surface area contributed by atoms with Gasteiger partial charge in [-0.15, -0.1) is 0 Å². The molecule has 0 spiro atoms. The van der Waals surface area contributed by atoms with Crippen LogP contribution >= 0.6 is 0 Å². The summed E-state index contributed by atoms with van der Waals surface area (Å²) >= 11 is 0. The van der Waals surface area contributed by atoms with Crippen LogP contribution in [0.4, 0.5) is 18.9 Å². The molecule has 0 saturated carbocycles. The van der Waals surface area contributed by atoms with Gasteiger partial charge in [-0.05, 0) is 25.1 Å². The van der Waals surface area contributed by atoms with Crippen LogP contribution < -0.4 is 4.90 Å². The van der Waals surface area contributed by atoms with Crippen LogP contribution in [0.3, 0.4) is 0 Å². The number of carboxylic acid groups (broad SMARTS) is 1. The maximum absolute atomic E-state index is 12.7. The lowest BCUT2D eigenvalue weighted by atomic mass is 10.1. The fourth-order valence-electron chi connectivity index (χ4n) is 1.73. The van der Waals surface area contributed by atoms with E-state index in [2.05, 4.69) is 6.58 Å². The Kier molecular flexibility index (Phi) is 5.19. The quantitative estimate of drug-likeness (QED) is 0.813. The summed E-state index contributed by atoms with van der Waals surface area (Å²) in [4.78, 5) is 12.2. The van der Waals surface area contributed by atoms with Crippen molar-refractivity contribution in [3.63, 3.8) is 0 Å². The average Bonchev–Trinajstić information content (AvgIpc) is 2.33. The van der Waals surface area contributed by atoms with Gasteiger partial charge in [-0.25, -0.2) is 0 Å². The second kappa shape index (κ2) is 6.45. The number of hydrogen-bond donors (Lipinski definition) is 1. The first kappa shape index (κ1) is 16.1. The van der Waals surface area contributed by atoms with Gasteiger partial charge in [-0.3, -0.25) is 4.79 Å². The molecule has 0 aliphatic heterocycles. The van der Waals surface area contributed by atoms with E-state index in [1.54, 1.807) is 11.8 Å². The van der Waals surface area contributed by atoms with Crippen LogP contribution in [0.25, 0.3) is 0 Å². The molecule has 1 aromatic rings. The number of anilines is 1. The molecular weight excluding hydrogens is 271 g/mol. The predicted molar refractivity (Wildman–Crippen MR) is 70.7 cm³/mol. The molecule has 3 nitrogen and oxygen atoms in total. The van der Waals surface area contributed by atoms with Crippen molar-refractivity contribution in [2.45, 2.75) is 19.5 Å². The third kappa shape index (κ3) is 4.95. The van der Waals surface area contributed by atoms with Crippen molar-refractivity contribution < 1.29 is 23.1 Å². The lowest BCUT2D eigenvalue weighted by Gasteiger charge is -2.25. The van der Waals surface area contributed by atoms with Crippen molar-refractivity contribution in [2.24, 2.45) is 0 Å². The van der Waals surface area contributed by atoms with Crippen LogP contribution in [0.5, 0.6) is 0 Å². The second-order valence-electron chi connectivity index (χ2n) is 4.57. The summed E-state index contributed by atoms with van der Waals surface area (Å²) < 4.78 is 38.0. The van der Waals surface area contributed by atoms with Crippen molar-refractivity contribution in [1.29, 1.82) is 0 Å². The highest BCUT2D eigenvalue weighted by molar-refractivity contribution is 5.67. The van der Waals surface area contributed by atoms with Crippen molar-refractivity contribution >= 4 is 11.7 Å². The second-order valence-corrected chi connectivity index (χ2v) is 4.57. The molecule has 6 heteroatoms. The molecule has 0 amide bonds. The number of rotatable bonds is 6. The van der Waals surface area contributed by atoms with E-state index < -0.39 is 17.7 Å². The number of alkyl halides is 3. The number of hydrogen-bond acceptors (Lipinski definition) is 2. The van der Waals surface area contributed by atoms with Crippen LogP contribution in [-0.2, 0) is 11.0 Å². The van der Waals surface area contributed by atoms with Crippen LogP contribution in [0.2, 0.25) is 0 Å². The molecule has 110 valence electrons. The SMILES string of the molecule is C=C(C)CN(CCC(=O)O)c1cccc(C(F)(F)F)c1. The molecule has 0 fully saturated rings. The standard InChI is InChI=1S/C14H16F3NO2/c1-10(2)9-18(7-6-13(19)20)12-5-3-4-11(8-12)14(15,16)17/h3-5,8H,1,6-7,9H2,2H3,(H,19,20). The Hall–Kier alpha value is -1.98. The Morgan fingerprint density at radius 1 is 1.40 bits per heavy atom. The number of nitrogens with zero attached hydrogens (tertiary/aromatic N) is 1. The molecule has 0 radical (unpaired) electrons. The Morgan fingerprint density at radius 2 is 2.05 bits per heavy atom. The molecule has 0 aromatic heterocycles. The van der Waals surface area contributed by atoms with Crippen LogP contribution in [0.15, 0.2) is 36.4 Å². The fourth-order valence-corrected chi connectivity index (χ4v) is 1.73. The van der Waals surface area contributed by atoms with E-state index in [-0.39, 0.29) is 13.0 Å². The predicted octanol–water partition coefficient (Wildman–Crippen LogP) is 3.56. The first-order valence-electron chi connectivity index (χ1n) is 5.98. The van der Waals surface area contributed by atoms with E-state index in [4.69, 9.17) is 5.11 Å². The summed E-state index contributed by atoms with van der Waals surface area (Å²) in [6.07, 6.45) is -4.57. The monoisotopic (exact) mass is 287 g/mol. The van der Waals surface area contributed by atoms with Gasteiger partial charge in [0.05, 0.1) is 12.0 Å². The Morgan fingerprint density at radius 3 is 2.55 bits per heavy atom. The topological polar surface area (TPSA) is 40.5 Å². The van der Waals surface area contributed by atoms with Crippen molar-refractivity contribution in [1.82, 2.24) is 0 Å². The lowest BCUT2D eigenvalue weighted by Crippen LogP contribution is -2.28. The number of aliphatic carboxylic acids is 1. The smallest absolute Gasteiger partial charge is 0.416 e. The molecule has 1 aromatic carbocycles. The highest BCUT2D eigenvalue weighted by atomic mass is 19.4. The number of benzene rings is 1. The maximum Gasteiger partial charge on any atom is 0.416 e. The Bertz CT molecular complexity index is 497. The first-order chi connectivity index (χ1) is 9.20. The summed E-state index contributed by atoms with van der Waals surface area (Å²) in [6.45, 7) is 5.89. The normalized spacial score (nSPS) is 11.2. The van der Waals surface area contributed by atoms with Gasteiger partial charge in [0.1, 0.15) is 0 Å². The molecule has 20 heavy (non-hydrogen) atoms. The summed E-state index contributed by atoms with van der Waals surface area (Å²) in [5.74, 6) is -0.997. The van der Waals surface area contributed by atoms with Gasteiger partial charge < -0.3 is 10.0 Å². The largest absolute Gasteiger partial charge is 0.481 e. The zero-order chi connectivity index (χ0) is 15.3. The minimum Gasteiger partial charge on any atom is -0.481 e. The van der Waals surface area contributed by atoms with E-state index in [9.17, 15) is 18.0 Å². The zero-order valence-electron chi connectivity index (χ0n) is 11.1. The van der Waals surface area contributed by atoms with Gasteiger partial charge in [0.25, 0.3) is 0 Å². The summed E-state index contributed by atoms with van der Waals surface area (Å²) in [7, 11) is 0. The third-order valence-corrected chi connectivity index (χ3v) is 2.59. The van der Waals surface area contributed by atoms with E-state index >= 15 is 0 Å². The van der Waals surface area contributed by atoms with Gasteiger partial charge in [0, 0.05) is 18.8 Å². The summed E-state index contributed by atoms with van der Waals surface area (Å²) in [6, 6.07) is 4.84. The molecule has 0 atom stereocenters. The molecule has 1 rings (SSSR count). The number of halogens is 3. The molecule has 0 aliphatic carbocycles. The average molecular weight is 287 g/mol. The van der Waals surface area contributed by atoms with Crippen LogP contribution in [0, 0.1) is 0 Å². The van der Waals surface area contributed by atoms with Gasteiger partial charge in [-0.1, -0.05) is 18.2 Å². The molecule has 0 bridgehead atoms. The maximum atomic E-state index is 12.7. The number of carbonyl (C=O) groups is 1. The summed E-state index contributed by atoms with van der Waals surface area (Å²) in [5, 5.41) is 8.70. The van der Waals surface area contributed by atoms with E-state index in [0.29, 0.717) is 12.2 Å². The lowest BCUT2D eigenvalue weighted by molar-refractivity contribution is -0.138. The van der Waals surface area contributed by atoms with Crippen molar-refractivity contribution in [3.8, 4) is 0 Å². The molecular formula is C14H16F3NO2. The molecule has 0 heterocycles. The van der Waals surface area contributed by atoms with Gasteiger partial charge in [0.2, 0.25) is 0 Å². The van der Waals surface area contributed by atoms with Gasteiger partial charge in [-0.2, -0.15) is 13.2 Å². The van der Waals surface area contributed by atoms with Crippen molar-refractivity contribution in [2.75, 3.05) is 18.0 Å². The van der Waals surface area contributed by atoms with E-state index in [0.717, 1.165) is 17.7 Å². The van der Waals surface area contributed by atoms with Crippen molar-refractivity contribution in [3.05, 3.63) is 42.0 Å². The first-order valence-corrected chi connectivity index (χ1v) is 5.98. The van der Waals surface area contributed by atoms with Gasteiger partial charge in [0.15, 0.2) is 0 Å². The minimum absolute atomic E-state index is 0.128. The van der Waals surface area contributed by atoms with E-state index in [1.807, 2.05) is 0 Å². The zero-order valence-corrected chi connectivity index (χ0v) is 11.1. The summed E-state index contributed by atoms with van der Waals surface area (Å²) in [5.41, 5.74) is 0.328. The van der Waals surface area contributed by atoms with Crippen LogP contribution in [0.1, 0.15) is 18.9 Å². The Labute approximate surface area is 115 Å². The fraction of sp³-hybridized carbons (Fsp3) is 0.357.